The summed E-state index contributed by atoms with van der Waals surface area (Å²) in [4.78, 5) is 12.9. The largest absolute Gasteiger partial charge is 0.435 e. The van der Waals surface area contributed by atoms with Crippen LogP contribution in [-0.2, 0) is 12.7 Å². The van der Waals surface area contributed by atoms with Crippen LogP contribution in [0.5, 0.6) is 0 Å². The molecule has 9 heteroatoms. The lowest BCUT2D eigenvalue weighted by molar-refractivity contribution is -0.137. The molecule has 0 unspecified atom stereocenters. The summed E-state index contributed by atoms with van der Waals surface area (Å²) in [6, 6.07) is 17.2. The van der Waals surface area contributed by atoms with E-state index in [0.29, 0.717) is 24.4 Å². The second-order valence-electron chi connectivity index (χ2n) is 6.16. The fraction of sp³-hybridized carbons (Fsp3) is 0.100. The molecule has 2 N–H and O–H groups in total. The lowest BCUT2D eigenvalue weighted by Gasteiger charge is -2.18. The van der Waals surface area contributed by atoms with Gasteiger partial charge in [-0.1, -0.05) is 42.5 Å². The van der Waals surface area contributed by atoms with Crippen molar-refractivity contribution in [2.45, 2.75) is 12.7 Å². The zero-order valence-electron chi connectivity index (χ0n) is 14.9. The number of hydrogen-bond donors (Lipinski definition) is 2. The van der Waals surface area contributed by atoms with E-state index in [2.05, 4.69) is 5.23 Å². The Balaban J connectivity index is 2.29. The molecule has 5 nitrogen and oxygen atoms in total. The van der Waals surface area contributed by atoms with Gasteiger partial charge in [-0.3, -0.25) is 4.79 Å². The molecule has 0 saturated heterocycles. The lowest BCUT2D eigenvalue weighted by Crippen LogP contribution is -2.28. The Morgan fingerprint density at radius 1 is 1.10 bits per heavy atom. The summed E-state index contributed by atoms with van der Waals surface area (Å²) in [6.45, 7) is -0.00833. The Morgan fingerprint density at radius 3 is 2.45 bits per heavy atom. The first kappa shape index (κ1) is 20.2. The minimum atomic E-state index is -4.86. The predicted octanol–water partition coefficient (Wildman–Crippen LogP) is 3.39. The summed E-state index contributed by atoms with van der Waals surface area (Å²) in [7, 11) is 0.691. The monoisotopic (exact) mass is 396 g/mol. The van der Waals surface area contributed by atoms with Crippen LogP contribution in [-0.4, -0.2) is 17.2 Å². The highest BCUT2D eigenvalue weighted by atomic mass is 19.4. The predicted molar refractivity (Wildman–Crippen MR) is 103 cm³/mol. The molecule has 0 bridgehead atoms. The van der Waals surface area contributed by atoms with Gasteiger partial charge in [0.05, 0.1) is 17.8 Å². The number of nitriles is 1. The summed E-state index contributed by atoms with van der Waals surface area (Å²) in [5, 5.41) is 20.7. The number of nitrogens with one attached hydrogen (secondary N) is 1. The number of anilines is 1. The van der Waals surface area contributed by atoms with Crippen molar-refractivity contribution in [1.29, 1.82) is 5.26 Å². The first-order valence-electron chi connectivity index (χ1n) is 8.47. The normalized spacial score (nSPS) is 11.0. The van der Waals surface area contributed by atoms with Gasteiger partial charge < -0.3 is 14.8 Å². The first-order chi connectivity index (χ1) is 13.8. The summed E-state index contributed by atoms with van der Waals surface area (Å²) in [6.07, 6.45) is -4.86. The fourth-order valence-corrected chi connectivity index (χ4v) is 2.98. The number of benzene rings is 2. The SMILES string of the molecule is N#Cc1c(C(F)(F)F)cc(-c2cccc(N[B]O)c2)n(Cc2ccccc2)c1=O. The van der Waals surface area contributed by atoms with Gasteiger partial charge in [-0.25, -0.2) is 0 Å². The van der Waals surface area contributed by atoms with Crippen LogP contribution in [0, 0.1) is 11.3 Å². The third kappa shape index (κ3) is 4.33. The van der Waals surface area contributed by atoms with Gasteiger partial charge >= 0.3 is 13.8 Å². The van der Waals surface area contributed by atoms with Crippen molar-refractivity contribution in [3.8, 4) is 17.3 Å². The minimum absolute atomic E-state index is 0.00627. The zero-order chi connectivity index (χ0) is 21.0. The minimum Gasteiger partial charge on any atom is -0.435 e. The summed E-state index contributed by atoms with van der Waals surface area (Å²) < 4.78 is 41.7. The quantitative estimate of drug-likeness (QED) is 0.649. The van der Waals surface area contributed by atoms with Crippen molar-refractivity contribution in [3.63, 3.8) is 0 Å². The van der Waals surface area contributed by atoms with Crippen LogP contribution in [0.2, 0.25) is 0 Å². The molecule has 145 valence electrons. The van der Waals surface area contributed by atoms with E-state index in [4.69, 9.17) is 5.02 Å². The van der Waals surface area contributed by atoms with Gasteiger partial charge in [0.2, 0.25) is 0 Å². The average molecular weight is 396 g/mol. The van der Waals surface area contributed by atoms with Crippen LogP contribution in [0.25, 0.3) is 11.3 Å². The Hall–Kier alpha value is -3.51. The number of pyridine rings is 1. The molecule has 0 saturated carbocycles. The Labute approximate surface area is 165 Å². The van der Waals surface area contributed by atoms with E-state index >= 15 is 0 Å². The highest BCUT2D eigenvalue weighted by Gasteiger charge is 2.36. The van der Waals surface area contributed by atoms with Gasteiger partial charge in [-0.05, 0) is 23.8 Å². The molecule has 0 aliphatic heterocycles. The Morgan fingerprint density at radius 2 is 1.83 bits per heavy atom. The van der Waals surface area contributed by atoms with E-state index in [0.717, 1.165) is 10.6 Å². The van der Waals surface area contributed by atoms with Crippen LogP contribution >= 0.6 is 0 Å². The van der Waals surface area contributed by atoms with E-state index in [1.54, 1.807) is 48.5 Å². The molecule has 0 aliphatic carbocycles. The van der Waals surface area contributed by atoms with Crippen LogP contribution in [0.1, 0.15) is 16.7 Å². The molecular weight excluding hydrogens is 382 g/mol. The second-order valence-corrected chi connectivity index (χ2v) is 6.16. The summed E-state index contributed by atoms with van der Waals surface area (Å²) >= 11 is 0. The maximum Gasteiger partial charge on any atom is 0.433 e. The summed E-state index contributed by atoms with van der Waals surface area (Å²) in [5.74, 6) is 0. The van der Waals surface area contributed by atoms with Crippen LogP contribution in [0.4, 0.5) is 18.9 Å². The fourth-order valence-electron chi connectivity index (χ4n) is 2.98. The van der Waals surface area contributed by atoms with E-state index in [9.17, 15) is 23.2 Å². The standard InChI is InChI=1S/C20H14BF3N3O2/c22-20(23,24)17-10-18(14-7-4-8-15(9-14)26-21-29)27(19(28)16(17)11-25)12-13-5-2-1-3-6-13/h1-10,26,29H,12H2. The van der Waals surface area contributed by atoms with Crippen LogP contribution in [0.15, 0.2) is 65.5 Å². The molecular formula is C20H14BF3N3O2. The molecule has 2 aromatic carbocycles. The number of hydrogen-bond acceptors (Lipinski definition) is 4. The molecule has 3 aromatic rings. The van der Waals surface area contributed by atoms with Gasteiger partial charge in [0.15, 0.2) is 0 Å². The van der Waals surface area contributed by atoms with Gasteiger partial charge in [-0.2, -0.15) is 18.4 Å². The number of alkyl halides is 3. The van der Waals surface area contributed by atoms with Gasteiger partial charge in [0, 0.05) is 11.3 Å². The van der Waals surface area contributed by atoms with E-state index in [1.165, 1.54) is 12.1 Å². The second kappa shape index (κ2) is 8.25. The third-order valence-corrected chi connectivity index (χ3v) is 4.29. The van der Waals surface area contributed by atoms with E-state index in [-0.39, 0.29) is 12.2 Å². The van der Waals surface area contributed by atoms with E-state index in [1.807, 2.05) is 0 Å². The molecule has 0 amide bonds. The number of aromatic nitrogens is 1. The van der Waals surface area contributed by atoms with E-state index < -0.39 is 22.9 Å². The van der Waals surface area contributed by atoms with Crippen molar-refractivity contribution in [3.05, 3.63) is 87.7 Å². The third-order valence-electron chi connectivity index (χ3n) is 4.29. The zero-order valence-corrected chi connectivity index (χ0v) is 14.9. The molecule has 0 aliphatic rings. The summed E-state index contributed by atoms with van der Waals surface area (Å²) in [5.41, 5.74) is -1.81. The average Bonchev–Trinajstić information content (AvgIpc) is 2.69. The molecule has 0 atom stereocenters. The molecule has 3 rings (SSSR count). The number of rotatable bonds is 5. The van der Waals surface area contributed by atoms with Crippen LogP contribution in [0.3, 0.4) is 0 Å². The van der Waals surface area contributed by atoms with Crippen molar-refractivity contribution in [2.75, 3.05) is 5.23 Å². The number of halogens is 3. The van der Waals surface area contributed by atoms with Gasteiger partial charge in [-0.15, -0.1) is 0 Å². The molecule has 1 radical (unpaired) electrons. The highest BCUT2D eigenvalue weighted by molar-refractivity contribution is 6.31. The highest BCUT2D eigenvalue weighted by Crippen LogP contribution is 2.34. The molecule has 0 spiro atoms. The van der Waals surface area contributed by atoms with Crippen LogP contribution < -0.4 is 10.8 Å². The maximum absolute atomic E-state index is 13.5. The van der Waals surface area contributed by atoms with Gasteiger partial charge in [0.1, 0.15) is 11.6 Å². The van der Waals surface area contributed by atoms with Crippen molar-refractivity contribution < 1.29 is 18.2 Å². The Bertz CT molecular complexity index is 1120. The molecule has 29 heavy (non-hydrogen) atoms. The maximum atomic E-state index is 13.5. The first-order valence-corrected chi connectivity index (χ1v) is 8.47. The lowest BCUT2D eigenvalue weighted by atomic mass is 10.0. The Kier molecular flexibility index (Phi) is 5.75. The van der Waals surface area contributed by atoms with Gasteiger partial charge in [0.25, 0.3) is 5.56 Å². The van der Waals surface area contributed by atoms with Crippen molar-refractivity contribution in [2.24, 2.45) is 0 Å². The molecule has 1 heterocycles. The topological polar surface area (TPSA) is 78.0 Å². The van der Waals surface area contributed by atoms with Crippen molar-refractivity contribution in [1.82, 2.24) is 4.57 Å². The number of nitrogens with zero attached hydrogens (tertiary/aromatic N) is 2. The molecule has 0 fully saturated rings. The molecule has 1 aromatic heterocycles. The van der Waals surface area contributed by atoms with Crippen molar-refractivity contribution >= 4 is 13.3 Å². The smallest absolute Gasteiger partial charge is 0.433 e.